The first-order valence-electron chi connectivity index (χ1n) is 9.44. The van der Waals surface area contributed by atoms with E-state index >= 15 is 0 Å². The number of aromatic nitrogens is 3. The zero-order valence-corrected chi connectivity index (χ0v) is 17.7. The summed E-state index contributed by atoms with van der Waals surface area (Å²) in [6, 6.07) is 15.9. The van der Waals surface area contributed by atoms with E-state index in [2.05, 4.69) is 15.4 Å². The lowest BCUT2D eigenvalue weighted by molar-refractivity contribution is -0.118. The lowest BCUT2D eigenvalue weighted by Crippen LogP contribution is -2.24. The van der Waals surface area contributed by atoms with Gasteiger partial charge in [0.2, 0.25) is 21.1 Å². The molecule has 3 N–H and O–H groups in total. The molecular weight excluding hydrogens is 422 g/mol. The van der Waals surface area contributed by atoms with Crippen molar-refractivity contribution >= 4 is 27.7 Å². The van der Waals surface area contributed by atoms with Gasteiger partial charge in [0.25, 0.3) is 0 Å². The van der Waals surface area contributed by atoms with Gasteiger partial charge in [-0.25, -0.2) is 23.2 Å². The van der Waals surface area contributed by atoms with Crippen molar-refractivity contribution < 1.29 is 13.2 Å². The Hall–Kier alpha value is -2.69. The third-order valence-corrected chi connectivity index (χ3v) is 6.40. The molecule has 3 aromatic rings. The van der Waals surface area contributed by atoms with Crippen LogP contribution in [-0.4, -0.2) is 34.8 Å². The molecule has 30 heavy (non-hydrogen) atoms. The van der Waals surface area contributed by atoms with Crippen LogP contribution in [0.25, 0.3) is 5.69 Å². The SMILES string of the molecule is NS(=O)(=O)c1ccc(CNC(=O)CSc2nc(C3CC3)n(-c3ccccc3)n2)cc1. The van der Waals surface area contributed by atoms with E-state index in [9.17, 15) is 13.2 Å². The first kappa shape index (κ1) is 20.6. The molecule has 0 spiro atoms. The number of benzene rings is 2. The van der Waals surface area contributed by atoms with Gasteiger partial charge >= 0.3 is 0 Å². The molecule has 1 amide bonds. The molecule has 1 fully saturated rings. The lowest BCUT2D eigenvalue weighted by atomic mass is 10.2. The molecule has 0 bridgehead atoms. The van der Waals surface area contributed by atoms with Gasteiger partial charge in [0.15, 0.2) is 0 Å². The average Bonchev–Trinajstić information content (AvgIpc) is 3.50. The Morgan fingerprint density at radius 1 is 1.13 bits per heavy atom. The summed E-state index contributed by atoms with van der Waals surface area (Å²) in [4.78, 5) is 16.9. The monoisotopic (exact) mass is 443 g/mol. The van der Waals surface area contributed by atoms with E-state index in [0.29, 0.717) is 17.6 Å². The average molecular weight is 444 g/mol. The Bertz CT molecular complexity index is 1140. The fourth-order valence-electron chi connectivity index (χ4n) is 2.91. The number of carbonyl (C=O) groups excluding carboxylic acids is 1. The van der Waals surface area contributed by atoms with Crippen LogP contribution in [0.15, 0.2) is 64.6 Å². The van der Waals surface area contributed by atoms with Crippen LogP contribution in [0.4, 0.5) is 0 Å². The van der Waals surface area contributed by atoms with Gasteiger partial charge in [0.1, 0.15) is 5.82 Å². The fraction of sp³-hybridized carbons (Fsp3) is 0.250. The highest BCUT2D eigenvalue weighted by atomic mass is 32.2. The molecule has 4 rings (SSSR count). The minimum atomic E-state index is -3.72. The zero-order valence-electron chi connectivity index (χ0n) is 16.1. The lowest BCUT2D eigenvalue weighted by Gasteiger charge is -2.05. The number of carbonyl (C=O) groups is 1. The van der Waals surface area contributed by atoms with Crippen molar-refractivity contribution in [3.05, 3.63) is 66.0 Å². The molecule has 1 saturated carbocycles. The van der Waals surface area contributed by atoms with Gasteiger partial charge in [0, 0.05) is 12.5 Å². The van der Waals surface area contributed by atoms with Crippen molar-refractivity contribution in [1.82, 2.24) is 20.1 Å². The van der Waals surface area contributed by atoms with E-state index in [4.69, 9.17) is 5.14 Å². The number of nitrogens with two attached hydrogens (primary N) is 1. The molecule has 8 nitrogen and oxygen atoms in total. The Labute approximate surface area is 178 Å². The molecule has 0 saturated heterocycles. The highest BCUT2D eigenvalue weighted by Gasteiger charge is 2.30. The van der Waals surface area contributed by atoms with Crippen molar-refractivity contribution in [3.8, 4) is 5.69 Å². The molecule has 156 valence electrons. The van der Waals surface area contributed by atoms with Crippen LogP contribution in [0.3, 0.4) is 0 Å². The predicted octanol–water partition coefficient (Wildman–Crippen LogP) is 2.20. The van der Waals surface area contributed by atoms with E-state index in [0.717, 1.165) is 29.9 Å². The van der Waals surface area contributed by atoms with Crippen LogP contribution in [0.5, 0.6) is 0 Å². The number of sulfonamides is 1. The van der Waals surface area contributed by atoms with Crippen molar-refractivity contribution in [2.75, 3.05) is 5.75 Å². The third-order valence-electron chi connectivity index (χ3n) is 4.63. The zero-order chi connectivity index (χ0) is 21.1. The number of hydrogen-bond donors (Lipinski definition) is 2. The second-order valence-electron chi connectivity index (χ2n) is 7.03. The van der Waals surface area contributed by atoms with E-state index in [-0.39, 0.29) is 16.6 Å². The molecule has 10 heteroatoms. The van der Waals surface area contributed by atoms with Gasteiger partial charge in [-0.05, 0) is 42.7 Å². The standard InChI is InChI=1S/C20H21N5O3S2/c21-30(27,28)17-10-6-14(7-11-17)12-22-18(26)13-29-20-23-19(15-8-9-15)25(24-20)16-4-2-1-3-5-16/h1-7,10-11,15H,8-9,12-13H2,(H,22,26)(H2,21,27,28). The maximum absolute atomic E-state index is 12.2. The summed E-state index contributed by atoms with van der Waals surface area (Å²) in [5.74, 6) is 1.41. The maximum Gasteiger partial charge on any atom is 0.238 e. The van der Waals surface area contributed by atoms with Crippen LogP contribution in [0.1, 0.15) is 30.1 Å². The normalized spacial score (nSPS) is 13.9. The molecule has 1 aliphatic rings. The van der Waals surface area contributed by atoms with E-state index in [1.807, 2.05) is 35.0 Å². The fourth-order valence-corrected chi connectivity index (χ4v) is 4.08. The number of primary sulfonamides is 1. The van der Waals surface area contributed by atoms with Gasteiger partial charge in [-0.3, -0.25) is 4.79 Å². The van der Waals surface area contributed by atoms with Crippen LogP contribution in [-0.2, 0) is 21.4 Å². The largest absolute Gasteiger partial charge is 0.351 e. The summed E-state index contributed by atoms with van der Waals surface area (Å²) >= 11 is 1.29. The number of para-hydroxylation sites is 1. The summed E-state index contributed by atoms with van der Waals surface area (Å²) in [5.41, 5.74) is 1.74. The summed E-state index contributed by atoms with van der Waals surface area (Å²) in [5, 5.41) is 13.1. The number of nitrogens with one attached hydrogen (secondary N) is 1. The van der Waals surface area contributed by atoms with Crippen LogP contribution in [0, 0.1) is 0 Å². The van der Waals surface area contributed by atoms with Crippen LogP contribution < -0.4 is 10.5 Å². The van der Waals surface area contributed by atoms with Gasteiger partial charge in [-0.1, -0.05) is 42.1 Å². The Balaban J connectivity index is 1.34. The maximum atomic E-state index is 12.2. The summed E-state index contributed by atoms with van der Waals surface area (Å²) < 4.78 is 24.4. The summed E-state index contributed by atoms with van der Waals surface area (Å²) in [6.07, 6.45) is 2.22. The number of amides is 1. The van der Waals surface area contributed by atoms with Gasteiger partial charge in [0.05, 0.1) is 16.3 Å². The topological polar surface area (TPSA) is 120 Å². The first-order chi connectivity index (χ1) is 14.4. The molecular formula is C20H21N5O3S2. The molecule has 1 heterocycles. The predicted molar refractivity (Wildman–Crippen MR) is 114 cm³/mol. The third kappa shape index (κ3) is 5.07. The number of hydrogen-bond acceptors (Lipinski definition) is 6. The van der Waals surface area contributed by atoms with Gasteiger partial charge < -0.3 is 5.32 Å². The molecule has 0 radical (unpaired) electrons. The van der Waals surface area contributed by atoms with E-state index < -0.39 is 10.0 Å². The van der Waals surface area contributed by atoms with Crippen LogP contribution in [0.2, 0.25) is 0 Å². The minimum Gasteiger partial charge on any atom is -0.351 e. The van der Waals surface area contributed by atoms with Crippen molar-refractivity contribution in [1.29, 1.82) is 0 Å². The van der Waals surface area contributed by atoms with E-state index in [1.165, 1.54) is 23.9 Å². The molecule has 1 aliphatic carbocycles. The highest BCUT2D eigenvalue weighted by Crippen LogP contribution is 2.40. The number of nitrogens with zero attached hydrogens (tertiary/aromatic N) is 3. The van der Waals surface area contributed by atoms with Crippen molar-refractivity contribution in [3.63, 3.8) is 0 Å². The molecule has 1 aromatic heterocycles. The Morgan fingerprint density at radius 2 is 1.83 bits per heavy atom. The molecule has 0 aliphatic heterocycles. The summed E-state index contributed by atoms with van der Waals surface area (Å²) in [7, 11) is -3.72. The van der Waals surface area contributed by atoms with E-state index in [1.54, 1.807) is 12.1 Å². The number of rotatable bonds is 8. The molecule has 0 unspecified atom stereocenters. The Kier molecular flexibility index (Phi) is 5.89. The van der Waals surface area contributed by atoms with Crippen molar-refractivity contribution in [2.45, 2.75) is 35.4 Å². The second kappa shape index (κ2) is 8.58. The van der Waals surface area contributed by atoms with Crippen LogP contribution >= 0.6 is 11.8 Å². The van der Waals surface area contributed by atoms with Crippen molar-refractivity contribution in [2.24, 2.45) is 5.14 Å². The molecule has 2 aromatic carbocycles. The Morgan fingerprint density at radius 3 is 2.47 bits per heavy atom. The second-order valence-corrected chi connectivity index (χ2v) is 9.53. The smallest absolute Gasteiger partial charge is 0.238 e. The highest BCUT2D eigenvalue weighted by molar-refractivity contribution is 7.99. The van der Waals surface area contributed by atoms with Gasteiger partial charge in [-0.2, -0.15) is 0 Å². The first-order valence-corrected chi connectivity index (χ1v) is 12.0. The summed E-state index contributed by atoms with van der Waals surface area (Å²) in [6.45, 7) is 0.295. The quantitative estimate of drug-likeness (QED) is 0.515. The molecule has 0 atom stereocenters. The minimum absolute atomic E-state index is 0.0414. The number of thioether (sulfide) groups is 1. The van der Waals surface area contributed by atoms with Gasteiger partial charge in [-0.15, -0.1) is 5.10 Å².